The van der Waals surface area contributed by atoms with Crippen LogP contribution in [-0.4, -0.2) is 12.1 Å². The Morgan fingerprint density at radius 3 is 2.42 bits per heavy atom. The SMILES string of the molecule is Cc1ccc(C)c(/C=N\NC(=O)CC23CC4CC(CC(C4)C2)C3)c1. The Bertz CT molecular complexity index is 641. The predicted molar refractivity (Wildman–Crippen MR) is 96.9 cm³/mol. The second-order valence-corrected chi connectivity index (χ2v) is 8.75. The third kappa shape index (κ3) is 3.13. The molecule has 0 atom stereocenters. The van der Waals surface area contributed by atoms with Crippen molar-refractivity contribution < 1.29 is 4.79 Å². The van der Waals surface area contributed by atoms with Gasteiger partial charge in [0.15, 0.2) is 0 Å². The molecule has 1 aromatic rings. The quantitative estimate of drug-likeness (QED) is 0.649. The van der Waals surface area contributed by atoms with Crippen molar-refractivity contribution in [3.05, 3.63) is 34.9 Å². The summed E-state index contributed by atoms with van der Waals surface area (Å²) in [6.45, 7) is 4.14. The Kier molecular flexibility index (Phi) is 3.98. The summed E-state index contributed by atoms with van der Waals surface area (Å²) in [7, 11) is 0. The molecule has 4 aliphatic carbocycles. The minimum absolute atomic E-state index is 0.0958. The minimum Gasteiger partial charge on any atom is -0.273 e. The lowest BCUT2D eigenvalue weighted by Crippen LogP contribution is -2.47. The third-order valence-corrected chi connectivity index (χ3v) is 6.53. The molecule has 1 amide bonds. The number of nitrogens with one attached hydrogen (secondary N) is 1. The van der Waals surface area contributed by atoms with E-state index in [-0.39, 0.29) is 11.3 Å². The number of nitrogens with zero attached hydrogens (tertiary/aromatic N) is 1. The fourth-order valence-electron chi connectivity index (χ4n) is 5.96. The number of hydrogen-bond donors (Lipinski definition) is 1. The van der Waals surface area contributed by atoms with Gasteiger partial charge in [-0.05, 0) is 86.7 Å². The largest absolute Gasteiger partial charge is 0.273 e. The van der Waals surface area contributed by atoms with Gasteiger partial charge in [0.05, 0.1) is 6.21 Å². The van der Waals surface area contributed by atoms with Crippen molar-refractivity contribution in [2.24, 2.45) is 28.3 Å². The molecule has 0 aromatic heterocycles. The first kappa shape index (κ1) is 15.9. The van der Waals surface area contributed by atoms with E-state index in [0.29, 0.717) is 6.42 Å². The Balaban J connectivity index is 1.37. The summed E-state index contributed by atoms with van der Waals surface area (Å²) in [4.78, 5) is 12.4. The maximum atomic E-state index is 12.4. The number of rotatable bonds is 4. The summed E-state index contributed by atoms with van der Waals surface area (Å²) in [6, 6.07) is 6.29. The molecule has 0 saturated heterocycles. The first-order valence-corrected chi connectivity index (χ1v) is 9.40. The molecule has 0 aliphatic heterocycles. The summed E-state index contributed by atoms with van der Waals surface area (Å²) >= 11 is 0. The van der Waals surface area contributed by atoms with Crippen LogP contribution in [0.2, 0.25) is 0 Å². The normalized spacial score (nSPS) is 34.0. The first-order chi connectivity index (χ1) is 11.5. The van der Waals surface area contributed by atoms with Crippen molar-refractivity contribution in [1.29, 1.82) is 0 Å². The zero-order valence-corrected chi connectivity index (χ0v) is 14.8. The molecule has 3 heteroatoms. The van der Waals surface area contributed by atoms with Crippen LogP contribution >= 0.6 is 0 Å². The van der Waals surface area contributed by atoms with Gasteiger partial charge in [-0.2, -0.15) is 5.10 Å². The van der Waals surface area contributed by atoms with E-state index < -0.39 is 0 Å². The van der Waals surface area contributed by atoms with E-state index in [4.69, 9.17) is 0 Å². The van der Waals surface area contributed by atoms with Crippen LogP contribution < -0.4 is 5.43 Å². The molecule has 4 fully saturated rings. The van der Waals surface area contributed by atoms with Gasteiger partial charge in [0.2, 0.25) is 5.91 Å². The molecule has 0 radical (unpaired) electrons. The zero-order chi connectivity index (χ0) is 16.7. The van der Waals surface area contributed by atoms with Crippen LogP contribution in [0.15, 0.2) is 23.3 Å². The van der Waals surface area contributed by atoms with Gasteiger partial charge in [-0.3, -0.25) is 4.79 Å². The van der Waals surface area contributed by atoms with Crippen molar-refractivity contribution in [3.63, 3.8) is 0 Å². The van der Waals surface area contributed by atoms with E-state index in [1.807, 2.05) is 0 Å². The minimum atomic E-state index is 0.0958. The van der Waals surface area contributed by atoms with Gasteiger partial charge in [-0.1, -0.05) is 23.8 Å². The molecule has 4 bridgehead atoms. The lowest BCUT2D eigenvalue weighted by Gasteiger charge is -2.56. The molecule has 0 heterocycles. The van der Waals surface area contributed by atoms with Crippen LogP contribution in [0.1, 0.15) is 61.6 Å². The van der Waals surface area contributed by atoms with Crippen molar-refractivity contribution in [3.8, 4) is 0 Å². The summed E-state index contributed by atoms with van der Waals surface area (Å²) < 4.78 is 0. The number of hydrogen-bond acceptors (Lipinski definition) is 2. The van der Waals surface area contributed by atoms with Crippen LogP contribution in [0.3, 0.4) is 0 Å². The highest BCUT2D eigenvalue weighted by atomic mass is 16.2. The van der Waals surface area contributed by atoms with E-state index in [1.165, 1.54) is 49.7 Å². The van der Waals surface area contributed by atoms with Crippen molar-refractivity contribution in [2.75, 3.05) is 0 Å². The highest BCUT2D eigenvalue weighted by molar-refractivity contribution is 5.84. The van der Waals surface area contributed by atoms with Crippen LogP contribution in [0.25, 0.3) is 0 Å². The lowest BCUT2D eigenvalue weighted by molar-refractivity contribution is -0.129. The summed E-state index contributed by atoms with van der Waals surface area (Å²) in [5.41, 5.74) is 6.53. The van der Waals surface area contributed by atoms with Gasteiger partial charge in [0.25, 0.3) is 0 Å². The standard InChI is InChI=1S/C21H28N2O/c1-14-3-4-15(2)19(5-14)13-22-23-20(24)12-21-9-16-6-17(10-21)8-18(7-16)11-21/h3-5,13,16-18H,6-12H2,1-2H3,(H,23,24)/b22-13-. The maximum Gasteiger partial charge on any atom is 0.240 e. The summed E-state index contributed by atoms with van der Waals surface area (Å²) in [5, 5.41) is 4.22. The van der Waals surface area contributed by atoms with Gasteiger partial charge in [-0.15, -0.1) is 0 Å². The van der Waals surface area contributed by atoms with E-state index in [2.05, 4.69) is 42.6 Å². The van der Waals surface area contributed by atoms with Crippen LogP contribution in [0.5, 0.6) is 0 Å². The number of amides is 1. The topological polar surface area (TPSA) is 41.5 Å². The van der Waals surface area contributed by atoms with Crippen molar-refractivity contribution >= 4 is 12.1 Å². The summed E-state index contributed by atoms with van der Waals surface area (Å²) in [5.74, 6) is 2.77. The maximum absolute atomic E-state index is 12.4. The molecule has 5 rings (SSSR count). The van der Waals surface area contributed by atoms with E-state index >= 15 is 0 Å². The molecule has 1 aromatic carbocycles. The molecular formula is C21H28N2O. The van der Waals surface area contributed by atoms with Crippen molar-refractivity contribution in [1.82, 2.24) is 5.43 Å². The lowest BCUT2D eigenvalue weighted by atomic mass is 9.49. The zero-order valence-electron chi connectivity index (χ0n) is 14.8. The number of hydrazone groups is 1. The number of benzene rings is 1. The number of carbonyl (C=O) groups excluding carboxylic acids is 1. The molecular weight excluding hydrogens is 296 g/mol. The van der Waals surface area contributed by atoms with Crippen LogP contribution in [0, 0.1) is 37.0 Å². The molecule has 128 valence electrons. The second-order valence-electron chi connectivity index (χ2n) is 8.75. The number of carbonyl (C=O) groups is 1. The predicted octanol–water partition coefficient (Wildman–Crippen LogP) is 4.36. The molecule has 4 aliphatic rings. The fourth-order valence-corrected chi connectivity index (χ4v) is 5.96. The third-order valence-electron chi connectivity index (χ3n) is 6.53. The molecule has 1 N–H and O–H groups in total. The van der Waals surface area contributed by atoms with Gasteiger partial charge >= 0.3 is 0 Å². The molecule has 0 spiro atoms. The van der Waals surface area contributed by atoms with E-state index in [9.17, 15) is 4.79 Å². The van der Waals surface area contributed by atoms with Crippen molar-refractivity contribution in [2.45, 2.75) is 58.8 Å². The smallest absolute Gasteiger partial charge is 0.240 e. The Morgan fingerprint density at radius 2 is 1.79 bits per heavy atom. The van der Waals surface area contributed by atoms with E-state index in [0.717, 1.165) is 23.3 Å². The summed E-state index contributed by atoms with van der Waals surface area (Å²) in [6.07, 6.45) is 10.5. The molecule has 0 unspecified atom stereocenters. The molecule has 3 nitrogen and oxygen atoms in total. The van der Waals surface area contributed by atoms with Gasteiger partial charge in [0.1, 0.15) is 0 Å². The average Bonchev–Trinajstić information content (AvgIpc) is 2.48. The Hall–Kier alpha value is -1.64. The highest BCUT2D eigenvalue weighted by Crippen LogP contribution is 2.61. The van der Waals surface area contributed by atoms with E-state index in [1.54, 1.807) is 6.21 Å². The second kappa shape index (κ2) is 6.02. The average molecular weight is 324 g/mol. The fraction of sp³-hybridized carbons (Fsp3) is 0.619. The van der Waals surface area contributed by atoms with Gasteiger partial charge in [-0.25, -0.2) is 5.43 Å². The monoisotopic (exact) mass is 324 g/mol. The molecule has 24 heavy (non-hydrogen) atoms. The molecule has 4 saturated carbocycles. The Morgan fingerprint density at radius 1 is 1.17 bits per heavy atom. The van der Waals surface area contributed by atoms with Crippen LogP contribution in [0.4, 0.5) is 0 Å². The van der Waals surface area contributed by atoms with Gasteiger partial charge in [0, 0.05) is 6.42 Å². The highest BCUT2D eigenvalue weighted by Gasteiger charge is 2.51. The Labute approximate surface area is 144 Å². The first-order valence-electron chi connectivity index (χ1n) is 9.40. The number of aryl methyl sites for hydroxylation is 2. The van der Waals surface area contributed by atoms with Gasteiger partial charge < -0.3 is 0 Å². The van der Waals surface area contributed by atoms with Crippen LogP contribution in [-0.2, 0) is 4.79 Å².